The van der Waals surface area contributed by atoms with E-state index in [4.69, 9.17) is 0 Å². The summed E-state index contributed by atoms with van der Waals surface area (Å²) in [4.78, 5) is 47.2. The molecule has 1 N–H and O–H groups in total. The van der Waals surface area contributed by atoms with E-state index in [2.05, 4.69) is 5.32 Å². The molecule has 0 radical (unpaired) electrons. The zero-order valence-electron chi connectivity index (χ0n) is 13.0. The summed E-state index contributed by atoms with van der Waals surface area (Å²) >= 11 is 0. The van der Waals surface area contributed by atoms with E-state index in [1.807, 2.05) is 0 Å². The van der Waals surface area contributed by atoms with Crippen molar-refractivity contribution in [2.45, 2.75) is 12.8 Å². The van der Waals surface area contributed by atoms with Gasteiger partial charge in [0.25, 0.3) is 11.6 Å². The smallest absolute Gasteiger partial charge is 0.271 e. The first-order chi connectivity index (χ1) is 12.0. The van der Waals surface area contributed by atoms with Gasteiger partial charge in [-0.1, -0.05) is 12.1 Å². The van der Waals surface area contributed by atoms with E-state index in [1.165, 1.54) is 36.4 Å². The zero-order chi connectivity index (χ0) is 18.0. The minimum Gasteiger partial charge on any atom is -0.322 e. The third-order valence-corrected chi connectivity index (χ3v) is 3.73. The van der Waals surface area contributed by atoms with E-state index >= 15 is 0 Å². The van der Waals surface area contributed by atoms with E-state index in [1.54, 1.807) is 12.1 Å². The molecule has 0 saturated carbocycles. The Labute approximate surface area is 142 Å². The predicted octanol–water partition coefficient (Wildman–Crippen LogP) is 2.50. The lowest BCUT2D eigenvalue weighted by molar-refractivity contribution is -0.384. The number of carbonyl (C=O) groups is 3. The number of nitro benzene ring substituents is 1. The number of nitrogens with zero attached hydrogens (tertiary/aromatic N) is 2. The topological polar surface area (TPSA) is 110 Å². The number of imide groups is 1. The van der Waals surface area contributed by atoms with Crippen LogP contribution in [0, 0.1) is 10.1 Å². The van der Waals surface area contributed by atoms with Gasteiger partial charge in [0.1, 0.15) is 0 Å². The quantitative estimate of drug-likeness (QED) is 0.523. The number of anilines is 2. The lowest BCUT2D eigenvalue weighted by Gasteiger charge is -2.14. The van der Waals surface area contributed by atoms with Crippen molar-refractivity contribution in [3.8, 4) is 0 Å². The molecule has 3 rings (SSSR count). The Morgan fingerprint density at radius 2 is 1.72 bits per heavy atom. The number of non-ortho nitro benzene ring substituents is 1. The van der Waals surface area contributed by atoms with E-state index in [-0.39, 0.29) is 41.6 Å². The second-order valence-electron chi connectivity index (χ2n) is 5.43. The minimum atomic E-state index is -0.555. The summed E-state index contributed by atoms with van der Waals surface area (Å²) in [5.41, 5.74) is 0.702. The maximum atomic E-state index is 12.4. The number of carbonyl (C=O) groups excluding carboxylic acids is 3. The lowest BCUT2D eigenvalue weighted by Crippen LogP contribution is -2.28. The first-order valence-corrected chi connectivity index (χ1v) is 7.47. The highest BCUT2D eigenvalue weighted by atomic mass is 16.6. The Hall–Kier alpha value is -3.55. The van der Waals surface area contributed by atoms with Gasteiger partial charge in [-0.15, -0.1) is 0 Å². The summed E-state index contributed by atoms with van der Waals surface area (Å²) in [6, 6.07) is 11.7. The highest BCUT2D eigenvalue weighted by molar-refractivity contribution is 6.20. The lowest BCUT2D eigenvalue weighted by atomic mass is 10.1. The van der Waals surface area contributed by atoms with Crippen molar-refractivity contribution in [1.29, 1.82) is 0 Å². The normalized spacial score (nSPS) is 13.8. The van der Waals surface area contributed by atoms with Gasteiger partial charge in [-0.3, -0.25) is 29.4 Å². The summed E-state index contributed by atoms with van der Waals surface area (Å²) in [5.74, 6) is -1.11. The Morgan fingerprint density at radius 1 is 1.04 bits per heavy atom. The van der Waals surface area contributed by atoms with Crippen LogP contribution in [-0.4, -0.2) is 22.6 Å². The Morgan fingerprint density at radius 3 is 2.40 bits per heavy atom. The SMILES string of the molecule is O=C(Nc1cccc([N+](=O)[O-])c1)c1cccc(N2C(=O)CCC2=O)c1. The van der Waals surface area contributed by atoms with Gasteiger partial charge in [-0.2, -0.15) is 0 Å². The third-order valence-electron chi connectivity index (χ3n) is 3.73. The number of nitrogens with one attached hydrogen (secondary N) is 1. The number of nitro groups is 1. The third kappa shape index (κ3) is 3.37. The molecule has 1 heterocycles. The van der Waals surface area contributed by atoms with Crippen molar-refractivity contribution in [3.63, 3.8) is 0 Å². The van der Waals surface area contributed by atoms with Gasteiger partial charge >= 0.3 is 0 Å². The van der Waals surface area contributed by atoms with Crippen molar-refractivity contribution >= 4 is 34.8 Å². The maximum Gasteiger partial charge on any atom is 0.271 e. The van der Waals surface area contributed by atoms with Crippen molar-refractivity contribution < 1.29 is 19.3 Å². The fraction of sp³-hybridized carbons (Fsp3) is 0.118. The maximum absolute atomic E-state index is 12.4. The molecule has 8 nitrogen and oxygen atoms in total. The first-order valence-electron chi connectivity index (χ1n) is 7.47. The fourth-order valence-corrected chi connectivity index (χ4v) is 2.55. The van der Waals surface area contributed by atoms with Crippen LogP contribution in [-0.2, 0) is 9.59 Å². The van der Waals surface area contributed by atoms with Gasteiger partial charge in [0.05, 0.1) is 10.6 Å². The molecule has 0 atom stereocenters. The number of hydrogen-bond acceptors (Lipinski definition) is 5. The predicted molar refractivity (Wildman–Crippen MR) is 89.2 cm³/mol. The van der Waals surface area contributed by atoms with Gasteiger partial charge in [0, 0.05) is 36.2 Å². The molecule has 1 saturated heterocycles. The highest BCUT2D eigenvalue weighted by Crippen LogP contribution is 2.24. The summed E-state index contributed by atoms with van der Waals surface area (Å²) in [5, 5.41) is 13.3. The van der Waals surface area contributed by atoms with Gasteiger partial charge in [-0.05, 0) is 24.3 Å². The van der Waals surface area contributed by atoms with Gasteiger partial charge in [0.15, 0.2) is 0 Å². The van der Waals surface area contributed by atoms with Crippen molar-refractivity contribution in [2.24, 2.45) is 0 Å². The first kappa shape index (κ1) is 16.3. The van der Waals surface area contributed by atoms with Crippen LogP contribution in [0.5, 0.6) is 0 Å². The van der Waals surface area contributed by atoms with Crippen molar-refractivity contribution in [1.82, 2.24) is 0 Å². The molecule has 0 aliphatic carbocycles. The molecule has 1 aliphatic rings. The standard InChI is InChI=1S/C17H13N3O5/c21-15-7-8-16(22)19(15)13-5-1-3-11(9-13)17(23)18-12-4-2-6-14(10-12)20(24)25/h1-6,9-10H,7-8H2,(H,18,23). The molecule has 0 aromatic heterocycles. The van der Waals surface area contributed by atoms with Gasteiger partial charge in [-0.25, -0.2) is 0 Å². The van der Waals surface area contributed by atoms with Crippen LogP contribution in [0.4, 0.5) is 17.1 Å². The molecule has 0 unspecified atom stereocenters. The van der Waals surface area contributed by atoms with Crippen LogP contribution in [0.2, 0.25) is 0 Å². The molecular weight excluding hydrogens is 326 g/mol. The molecule has 25 heavy (non-hydrogen) atoms. The number of rotatable bonds is 4. The van der Waals surface area contributed by atoms with Crippen molar-refractivity contribution in [2.75, 3.05) is 10.2 Å². The molecule has 0 bridgehead atoms. The molecule has 0 spiro atoms. The van der Waals surface area contributed by atoms with E-state index in [0.29, 0.717) is 5.69 Å². The Bertz CT molecular complexity index is 877. The number of hydrogen-bond donors (Lipinski definition) is 1. The molecule has 2 aromatic carbocycles. The monoisotopic (exact) mass is 339 g/mol. The van der Waals surface area contributed by atoms with E-state index in [9.17, 15) is 24.5 Å². The number of benzene rings is 2. The minimum absolute atomic E-state index is 0.139. The van der Waals surface area contributed by atoms with Crippen LogP contribution < -0.4 is 10.2 Å². The summed E-state index contributed by atoms with van der Waals surface area (Å²) < 4.78 is 0. The fourth-order valence-electron chi connectivity index (χ4n) is 2.55. The molecule has 2 aromatic rings. The second-order valence-corrected chi connectivity index (χ2v) is 5.43. The van der Waals surface area contributed by atoms with Crippen LogP contribution in [0.25, 0.3) is 0 Å². The van der Waals surface area contributed by atoms with Crippen LogP contribution in [0.3, 0.4) is 0 Å². The zero-order valence-corrected chi connectivity index (χ0v) is 13.0. The van der Waals surface area contributed by atoms with Crippen LogP contribution in [0.15, 0.2) is 48.5 Å². The molecule has 3 amide bonds. The average Bonchev–Trinajstić information content (AvgIpc) is 2.94. The number of amides is 3. The van der Waals surface area contributed by atoms with Gasteiger partial charge < -0.3 is 5.32 Å². The molecular formula is C17H13N3O5. The summed E-state index contributed by atoms with van der Waals surface area (Å²) in [6.45, 7) is 0. The summed E-state index contributed by atoms with van der Waals surface area (Å²) in [7, 11) is 0. The molecule has 1 fully saturated rings. The van der Waals surface area contributed by atoms with E-state index in [0.717, 1.165) is 4.90 Å². The van der Waals surface area contributed by atoms with Crippen LogP contribution >= 0.6 is 0 Å². The Kier molecular flexibility index (Phi) is 4.25. The molecule has 8 heteroatoms. The average molecular weight is 339 g/mol. The largest absolute Gasteiger partial charge is 0.322 e. The summed E-state index contributed by atoms with van der Waals surface area (Å²) in [6.07, 6.45) is 0.311. The molecule has 126 valence electrons. The van der Waals surface area contributed by atoms with Crippen LogP contribution in [0.1, 0.15) is 23.2 Å². The van der Waals surface area contributed by atoms with Crippen molar-refractivity contribution in [3.05, 3.63) is 64.2 Å². The Balaban J connectivity index is 1.82. The van der Waals surface area contributed by atoms with E-state index < -0.39 is 10.8 Å². The van der Waals surface area contributed by atoms with Gasteiger partial charge in [0.2, 0.25) is 11.8 Å². The highest BCUT2D eigenvalue weighted by Gasteiger charge is 2.30. The second kappa shape index (κ2) is 6.52. The molecule has 1 aliphatic heterocycles.